The summed E-state index contributed by atoms with van der Waals surface area (Å²) in [5.41, 5.74) is 1.80. The molecule has 2 N–H and O–H groups in total. The Morgan fingerprint density at radius 3 is 2.56 bits per heavy atom. The maximum atomic E-state index is 12.5. The zero-order valence-electron chi connectivity index (χ0n) is 12.9. The number of hydrogen-bond acceptors (Lipinski definition) is 3. The number of fused-ring (bicyclic) bond motifs is 1. The summed E-state index contributed by atoms with van der Waals surface area (Å²) in [7, 11) is 0. The summed E-state index contributed by atoms with van der Waals surface area (Å²) in [4.78, 5) is 15.7. The molecular weight excluding hydrogens is 378 g/mol. The van der Waals surface area contributed by atoms with Crippen LogP contribution in [0.15, 0.2) is 36.5 Å². The maximum absolute atomic E-state index is 12.5. The van der Waals surface area contributed by atoms with Gasteiger partial charge in [0, 0.05) is 24.1 Å². The fourth-order valence-corrected chi connectivity index (χ4v) is 2.44. The van der Waals surface area contributed by atoms with E-state index in [-0.39, 0.29) is 30.5 Å². The van der Waals surface area contributed by atoms with E-state index in [0.717, 1.165) is 42.8 Å². The quantitative estimate of drug-likeness (QED) is 0.786. The number of halogens is 5. The molecule has 1 aliphatic rings. The van der Waals surface area contributed by atoms with Crippen LogP contribution in [0.25, 0.3) is 0 Å². The minimum absolute atomic E-state index is 0. The van der Waals surface area contributed by atoms with E-state index >= 15 is 0 Å². The van der Waals surface area contributed by atoms with Gasteiger partial charge in [-0.25, -0.2) is 0 Å². The predicted molar refractivity (Wildman–Crippen MR) is 94.9 cm³/mol. The normalized spacial score (nSPS) is 12.8. The van der Waals surface area contributed by atoms with Gasteiger partial charge in [-0.05, 0) is 48.7 Å². The third kappa shape index (κ3) is 4.99. The molecule has 0 fully saturated rings. The molecule has 9 heteroatoms. The highest BCUT2D eigenvalue weighted by molar-refractivity contribution is 6.03. The summed E-state index contributed by atoms with van der Waals surface area (Å²) >= 11 is 0. The van der Waals surface area contributed by atoms with Crippen molar-refractivity contribution in [3.05, 3.63) is 53.3 Å². The molecule has 0 atom stereocenters. The number of carbonyl (C=O) groups is 1. The van der Waals surface area contributed by atoms with Gasteiger partial charge in [0.1, 0.15) is 5.69 Å². The lowest BCUT2D eigenvalue weighted by atomic mass is 10.0. The van der Waals surface area contributed by atoms with Crippen LogP contribution in [0.3, 0.4) is 0 Å². The predicted octanol–water partition coefficient (Wildman–Crippen LogP) is 4.55. The number of anilines is 2. The van der Waals surface area contributed by atoms with Crippen LogP contribution < -0.4 is 10.6 Å². The number of alkyl halides is 3. The number of aryl methyl sites for hydroxylation is 1. The number of amides is 1. The lowest BCUT2D eigenvalue weighted by molar-refractivity contribution is -0.137. The fourth-order valence-electron chi connectivity index (χ4n) is 2.44. The first kappa shape index (κ1) is 21.1. The van der Waals surface area contributed by atoms with Gasteiger partial charge in [0.05, 0.1) is 5.56 Å². The van der Waals surface area contributed by atoms with Crippen LogP contribution in [-0.2, 0) is 12.6 Å². The molecule has 2 aromatic rings. The van der Waals surface area contributed by atoms with Gasteiger partial charge in [-0.3, -0.25) is 9.78 Å². The first-order valence-electron chi connectivity index (χ1n) is 7.15. The van der Waals surface area contributed by atoms with Gasteiger partial charge in [0.2, 0.25) is 0 Å². The number of rotatable bonds is 2. The average molecular weight is 394 g/mol. The summed E-state index contributed by atoms with van der Waals surface area (Å²) in [6, 6.07) is 7.41. The van der Waals surface area contributed by atoms with Gasteiger partial charge in [-0.1, -0.05) is 0 Å². The fraction of sp³-hybridized carbons (Fsp3) is 0.250. The van der Waals surface area contributed by atoms with E-state index < -0.39 is 17.6 Å². The number of pyridine rings is 1. The molecule has 0 saturated carbocycles. The van der Waals surface area contributed by atoms with Crippen molar-refractivity contribution in [2.45, 2.75) is 19.0 Å². The SMILES string of the molecule is Cl.Cl.O=C(Nc1ccc2c(c1)CCCN2)c1ccc(C(F)(F)F)cn1. The van der Waals surface area contributed by atoms with Crippen molar-refractivity contribution in [1.82, 2.24) is 4.98 Å². The third-order valence-electron chi connectivity index (χ3n) is 3.62. The van der Waals surface area contributed by atoms with Crippen molar-refractivity contribution in [2.75, 3.05) is 17.2 Å². The number of carbonyl (C=O) groups excluding carboxylic acids is 1. The standard InChI is InChI=1S/C16H14F3N3O.2ClH/c17-16(18,19)11-3-5-14(21-9-11)15(23)22-12-4-6-13-10(8-12)2-1-7-20-13;;/h3-6,8-9,20H,1-2,7H2,(H,22,23);2*1H. The Balaban J connectivity index is 0.00000156. The van der Waals surface area contributed by atoms with Gasteiger partial charge in [-0.15, -0.1) is 24.8 Å². The molecule has 0 saturated heterocycles. The summed E-state index contributed by atoms with van der Waals surface area (Å²) in [5.74, 6) is -0.539. The molecule has 0 bridgehead atoms. The molecule has 0 radical (unpaired) electrons. The van der Waals surface area contributed by atoms with Crippen molar-refractivity contribution in [2.24, 2.45) is 0 Å². The second-order valence-corrected chi connectivity index (χ2v) is 5.29. The second-order valence-electron chi connectivity index (χ2n) is 5.29. The van der Waals surface area contributed by atoms with Crippen molar-refractivity contribution < 1.29 is 18.0 Å². The van der Waals surface area contributed by atoms with Gasteiger partial charge >= 0.3 is 6.18 Å². The second kappa shape index (κ2) is 8.40. The Morgan fingerprint density at radius 2 is 1.92 bits per heavy atom. The molecule has 0 aliphatic carbocycles. The van der Waals surface area contributed by atoms with E-state index in [2.05, 4.69) is 15.6 Å². The number of aromatic nitrogens is 1. The van der Waals surface area contributed by atoms with E-state index in [9.17, 15) is 18.0 Å². The number of benzene rings is 1. The largest absolute Gasteiger partial charge is 0.417 e. The van der Waals surface area contributed by atoms with Crippen molar-refractivity contribution in [3.8, 4) is 0 Å². The number of nitrogens with zero attached hydrogens (tertiary/aromatic N) is 1. The lowest BCUT2D eigenvalue weighted by Gasteiger charge is -2.18. The zero-order chi connectivity index (χ0) is 16.4. The van der Waals surface area contributed by atoms with E-state index in [0.29, 0.717) is 11.9 Å². The van der Waals surface area contributed by atoms with Crippen LogP contribution >= 0.6 is 24.8 Å². The van der Waals surface area contributed by atoms with Crippen LogP contribution in [0.2, 0.25) is 0 Å². The third-order valence-corrected chi connectivity index (χ3v) is 3.62. The first-order valence-corrected chi connectivity index (χ1v) is 7.15. The molecule has 136 valence electrons. The summed E-state index contributed by atoms with van der Waals surface area (Å²) in [5, 5.41) is 5.92. The van der Waals surface area contributed by atoms with E-state index in [1.165, 1.54) is 0 Å². The van der Waals surface area contributed by atoms with Gasteiger partial charge in [0.25, 0.3) is 5.91 Å². The van der Waals surface area contributed by atoms with Gasteiger partial charge < -0.3 is 10.6 Å². The highest BCUT2D eigenvalue weighted by atomic mass is 35.5. The van der Waals surface area contributed by atoms with Crippen LogP contribution in [0.5, 0.6) is 0 Å². The highest BCUT2D eigenvalue weighted by Crippen LogP contribution is 2.28. The average Bonchev–Trinajstić information content (AvgIpc) is 2.54. The molecular formula is C16H16Cl2F3N3O. The molecule has 0 spiro atoms. The molecule has 2 heterocycles. The van der Waals surface area contributed by atoms with Crippen molar-refractivity contribution >= 4 is 42.1 Å². The van der Waals surface area contributed by atoms with Crippen LogP contribution in [0, 0.1) is 0 Å². The maximum Gasteiger partial charge on any atom is 0.417 e. The monoisotopic (exact) mass is 393 g/mol. The van der Waals surface area contributed by atoms with Crippen LogP contribution in [0.4, 0.5) is 24.5 Å². The molecule has 1 aromatic carbocycles. The number of hydrogen-bond donors (Lipinski definition) is 2. The summed E-state index contributed by atoms with van der Waals surface area (Å²) < 4.78 is 37.4. The Labute approximate surface area is 155 Å². The molecule has 25 heavy (non-hydrogen) atoms. The lowest BCUT2D eigenvalue weighted by Crippen LogP contribution is -2.16. The van der Waals surface area contributed by atoms with E-state index in [1.807, 2.05) is 12.1 Å². The minimum Gasteiger partial charge on any atom is -0.385 e. The number of nitrogens with one attached hydrogen (secondary N) is 2. The molecule has 4 nitrogen and oxygen atoms in total. The van der Waals surface area contributed by atoms with Gasteiger partial charge in [0.15, 0.2) is 0 Å². The minimum atomic E-state index is -4.46. The summed E-state index contributed by atoms with van der Waals surface area (Å²) in [6.07, 6.45) is -1.87. The highest BCUT2D eigenvalue weighted by Gasteiger charge is 2.30. The van der Waals surface area contributed by atoms with E-state index in [1.54, 1.807) is 6.07 Å². The Kier molecular flexibility index (Phi) is 7.07. The Bertz CT molecular complexity index is 736. The Morgan fingerprint density at radius 1 is 1.16 bits per heavy atom. The summed E-state index contributed by atoms with van der Waals surface area (Å²) in [6.45, 7) is 0.925. The Hall–Kier alpha value is -1.99. The van der Waals surface area contributed by atoms with E-state index in [4.69, 9.17) is 0 Å². The first-order chi connectivity index (χ1) is 10.9. The topological polar surface area (TPSA) is 54.0 Å². The smallest absolute Gasteiger partial charge is 0.385 e. The van der Waals surface area contributed by atoms with Crippen LogP contribution in [-0.4, -0.2) is 17.4 Å². The molecule has 1 amide bonds. The van der Waals surface area contributed by atoms with Crippen molar-refractivity contribution in [1.29, 1.82) is 0 Å². The molecule has 0 unspecified atom stereocenters. The van der Waals surface area contributed by atoms with Crippen molar-refractivity contribution in [3.63, 3.8) is 0 Å². The molecule has 1 aromatic heterocycles. The molecule has 3 rings (SSSR count). The molecule has 1 aliphatic heterocycles. The van der Waals surface area contributed by atoms with Crippen LogP contribution in [0.1, 0.15) is 28.0 Å². The van der Waals surface area contributed by atoms with Gasteiger partial charge in [-0.2, -0.15) is 13.2 Å². The zero-order valence-corrected chi connectivity index (χ0v) is 14.5.